The van der Waals surface area contributed by atoms with E-state index in [-0.39, 0.29) is 13.2 Å². The summed E-state index contributed by atoms with van der Waals surface area (Å²) in [5.41, 5.74) is 0. The van der Waals surface area contributed by atoms with Gasteiger partial charge >= 0.3 is 11.9 Å². The Balaban J connectivity index is 3.99. The zero-order valence-corrected chi connectivity index (χ0v) is 19.7. The molecular formula is C22H40O8S. The number of rotatable bonds is 21. The van der Waals surface area contributed by atoms with Gasteiger partial charge in [0.2, 0.25) is 0 Å². The summed E-state index contributed by atoms with van der Waals surface area (Å²) in [5.74, 6) is -2.04. The third kappa shape index (κ3) is 17.9. The first kappa shape index (κ1) is 29.5. The van der Waals surface area contributed by atoms with Crippen molar-refractivity contribution in [3.63, 3.8) is 0 Å². The maximum Gasteiger partial charge on any atom is 0.327 e. The molecule has 0 aliphatic heterocycles. The molecule has 31 heavy (non-hydrogen) atoms. The van der Waals surface area contributed by atoms with Crippen LogP contribution in [0.1, 0.15) is 84.0 Å². The van der Waals surface area contributed by atoms with Crippen molar-refractivity contribution in [2.75, 3.05) is 26.4 Å². The zero-order chi connectivity index (χ0) is 23.4. The molecule has 8 nitrogen and oxygen atoms in total. The van der Waals surface area contributed by atoms with Crippen LogP contribution >= 0.6 is 0 Å². The van der Waals surface area contributed by atoms with Crippen LogP contribution in [0.3, 0.4) is 0 Å². The van der Waals surface area contributed by atoms with E-state index in [4.69, 9.17) is 14.2 Å². The van der Waals surface area contributed by atoms with Gasteiger partial charge < -0.3 is 14.2 Å². The van der Waals surface area contributed by atoms with E-state index >= 15 is 0 Å². The molecule has 0 spiro atoms. The van der Waals surface area contributed by atoms with E-state index in [0.717, 1.165) is 19.3 Å². The number of hydrogen-bond donors (Lipinski definition) is 1. The number of esters is 2. The average Bonchev–Trinajstić information content (AvgIpc) is 2.71. The Labute approximate surface area is 187 Å². The van der Waals surface area contributed by atoms with Gasteiger partial charge in [0, 0.05) is 6.42 Å². The molecule has 0 aromatic heterocycles. The fraction of sp³-hybridized carbons (Fsp3) is 0.818. The molecule has 0 fully saturated rings. The Morgan fingerprint density at radius 2 is 1.42 bits per heavy atom. The second kappa shape index (κ2) is 19.3. The quantitative estimate of drug-likeness (QED) is 0.116. The van der Waals surface area contributed by atoms with Gasteiger partial charge in [-0.1, -0.05) is 70.8 Å². The highest BCUT2D eigenvalue weighted by Crippen LogP contribution is 2.12. The predicted octanol–water partition coefficient (Wildman–Crippen LogP) is 4.23. The molecule has 0 aromatic rings. The van der Waals surface area contributed by atoms with Crippen molar-refractivity contribution in [2.45, 2.75) is 89.2 Å². The molecule has 182 valence electrons. The number of unbranched alkanes of at least 4 members (excludes halogenated alkanes) is 9. The standard InChI is InChI=1S/C22H40O8S/c1-3-5-6-7-8-9-10-11-12-13-17-29-21(23)19-20(31(25,26)27)22(24)30-18-14-16-28-15-4-2/h4,20H,2-3,5-19H2,1H3,(H,25,26,27). The second-order valence-corrected chi connectivity index (χ2v) is 9.09. The van der Waals surface area contributed by atoms with Gasteiger partial charge in [0.05, 0.1) is 32.8 Å². The van der Waals surface area contributed by atoms with Crippen LogP contribution in [-0.4, -0.2) is 56.6 Å². The first-order valence-electron chi connectivity index (χ1n) is 11.3. The Kier molecular flexibility index (Phi) is 18.4. The molecular weight excluding hydrogens is 424 g/mol. The SMILES string of the molecule is C=CCOCCCOC(=O)C(CC(=O)OCCCCCCCCCCCC)S(=O)(=O)O. The molecule has 0 aliphatic carbocycles. The van der Waals surface area contributed by atoms with Crippen LogP contribution in [0.4, 0.5) is 0 Å². The molecule has 0 saturated heterocycles. The van der Waals surface area contributed by atoms with Crippen LogP contribution in [0, 0.1) is 0 Å². The van der Waals surface area contributed by atoms with Crippen LogP contribution in [0.25, 0.3) is 0 Å². The van der Waals surface area contributed by atoms with E-state index < -0.39 is 33.7 Å². The van der Waals surface area contributed by atoms with Crippen molar-refractivity contribution in [3.05, 3.63) is 12.7 Å². The van der Waals surface area contributed by atoms with E-state index in [1.807, 2.05) is 0 Å². The summed E-state index contributed by atoms with van der Waals surface area (Å²) in [6, 6.07) is 0. The maximum atomic E-state index is 11.9. The van der Waals surface area contributed by atoms with Gasteiger partial charge in [0.1, 0.15) is 0 Å². The summed E-state index contributed by atoms with van der Waals surface area (Å²) < 4.78 is 47.1. The molecule has 0 bridgehead atoms. The fourth-order valence-corrected chi connectivity index (χ4v) is 3.55. The van der Waals surface area contributed by atoms with Gasteiger partial charge in [0.15, 0.2) is 5.25 Å². The predicted molar refractivity (Wildman–Crippen MR) is 119 cm³/mol. The van der Waals surface area contributed by atoms with Gasteiger partial charge in [0.25, 0.3) is 10.1 Å². The van der Waals surface area contributed by atoms with Crippen molar-refractivity contribution in [3.8, 4) is 0 Å². The van der Waals surface area contributed by atoms with E-state index in [0.29, 0.717) is 26.1 Å². The van der Waals surface area contributed by atoms with Crippen molar-refractivity contribution >= 4 is 22.1 Å². The van der Waals surface area contributed by atoms with Gasteiger partial charge in [-0.25, -0.2) is 0 Å². The Morgan fingerprint density at radius 1 is 0.871 bits per heavy atom. The highest BCUT2D eigenvalue weighted by atomic mass is 32.2. The number of hydrogen-bond acceptors (Lipinski definition) is 7. The van der Waals surface area contributed by atoms with E-state index in [1.54, 1.807) is 6.08 Å². The molecule has 1 unspecified atom stereocenters. The van der Waals surface area contributed by atoms with E-state index in [2.05, 4.69) is 13.5 Å². The minimum absolute atomic E-state index is 0.0877. The lowest BCUT2D eigenvalue weighted by molar-refractivity contribution is -0.150. The lowest BCUT2D eigenvalue weighted by Gasteiger charge is -2.13. The summed E-state index contributed by atoms with van der Waals surface area (Å²) in [5, 5.41) is -1.98. The fourth-order valence-electron chi connectivity index (χ4n) is 2.89. The van der Waals surface area contributed by atoms with Crippen LogP contribution in [0.15, 0.2) is 12.7 Å². The number of carbonyl (C=O) groups is 2. The van der Waals surface area contributed by atoms with E-state index in [9.17, 15) is 22.6 Å². The van der Waals surface area contributed by atoms with Gasteiger partial charge in [-0.2, -0.15) is 8.42 Å². The Morgan fingerprint density at radius 3 is 1.97 bits per heavy atom. The van der Waals surface area contributed by atoms with Crippen LogP contribution in [-0.2, 0) is 33.9 Å². The second-order valence-electron chi connectivity index (χ2n) is 7.49. The minimum atomic E-state index is -4.78. The third-order valence-electron chi connectivity index (χ3n) is 4.65. The van der Waals surface area contributed by atoms with Crippen LogP contribution in [0.2, 0.25) is 0 Å². The maximum absolute atomic E-state index is 11.9. The molecule has 0 saturated carbocycles. The Hall–Kier alpha value is -1.45. The highest BCUT2D eigenvalue weighted by molar-refractivity contribution is 7.87. The molecule has 0 amide bonds. The Bertz CT molecular complexity index is 588. The van der Waals surface area contributed by atoms with Gasteiger partial charge in [-0.05, 0) is 6.42 Å². The van der Waals surface area contributed by atoms with Crippen molar-refractivity contribution in [1.29, 1.82) is 0 Å². The summed E-state index contributed by atoms with van der Waals surface area (Å²) in [6.45, 7) is 6.41. The highest BCUT2D eigenvalue weighted by Gasteiger charge is 2.35. The molecule has 0 heterocycles. The van der Waals surface area contributed by atoms with Crippen LogP contribution < -0.4 is 0 Å². The normalized spacial score (nSPS) is 12.3. The molecule has 0 radical (unpaired) electrons. The number of carbonyl (C=O) groups excluding carboxylic acids is 2. The lowest BCUT2D eigenvalue weighted by Crippen LogP contribution is -2.34. The molecule has 0 aliphatic rings. The molecule has 1 N–H and O–H groups in total. The summed E-state index contributed by atoms with van der Waals surface area (Å²) >= 11 is 0. The number of ether oxygens (including phenoxy) is 3. The average molecular weight is 465 g/mol. The van der Waals surface area contributed by atoms with E-state index in [1.165, 1.54) is 38.5 Å². The van der Waals surface area contributed by atoms with Crippen molar-refractivity contribution in [1.82, 2.24) is 0 Å². The summed E-state index contributed by atoms with van der Waals surface area (Å²) in [6.07, 6.45) is 12.5. The largest absolute Gasteiger partial charge is 0.466 e. The third-order valence-corrected chi connectivity index (χ3v) is 5.73. The first-order valence-corrected chi connectivity index (χ1v) is 12.8. The van der Waals surface area contributed by atoms with Crippen LogP contribution in [0.5, 0.6) is 0 Å². The lowest BCUT2D eigenvalue weighted by atomic mass is 10.1. The zero-order valence-electron chi connectivity index (χ0n) is 18.9. The minimum Gasteiger partial charge on any atom is -0.466 e. The monoisotopic (exact) mass is 464 g/mol. The molecule has 1 atom stereocenters. The van der Waals surface area contributed by atoms with Gasteiger partial charge in [-0.3, -0.25) is 14.1 Å². The molecule has 0 rings (SSSR count). The van der Waals surface area contributed by atoms with Gasteiger partial charge in [-0.15, -0.1) is 6.58 Å². The molecule has 0 aromatic carbocycles. The van der Waals surface area contributed by atoms with Crippen molar-refractivity contribution in [2.24, 2.45) is 0 Å². The summed E-state index contributed by atoms with van der Waals surface area (Å²) in [4.78, 5) is 23.8. The van der Waals surface area contributed by atoms with Crippen molar-refractivity contribution < 1.29 is 36.8 Å². The molecule has 9 heteroatoms. The first-order chi connectivity index (χ1) is 14.8. The topological polar surface area (TPSA) is 116 Å². The smallest absolute Gasteiger partial charge is 0.327 e. The summed E-state index contributed by atoms with van der Waals surface area (Å²) in [7, 11) is -4.78.